The van der Waals surface area contributed by atoms with Crippen LogP contribution >= 0.6 is 23.2 Å². The van der Waals surface area contributed by atoms with Gasteiger partial charge in [0.05, 0.1) is 23.6 Å². The van der Waals surface area contributed by atoms with Gasteiger partial charge < -0.3 is 15.2 Å². The van der Waals surface area contributed by atoms with E-state index in [1.165, 1.54) is 19.2 Å². The number of carbonyl (C=O) groups is 2. The first-order chi connectivity index (χ1) is 11.4. The van der Waals surface area contributed by atoms with E-state index in [0.29, 0.717) is 22.6 Å². The molecule has 0 radical (unpaired) electrons. The summed E-state index contributed by atoms with van der Waals surface area (Å²) in [7, 11) is 1.47. The van der Waals surface area contributed by atoms with Crippen LogP contribution in [0.5, 0.6) is 5.75 Å². The molecular weight excluding hydrogens is 353 g/mol. The van der Waals surface area contributed by atoms with Crippen molar-refractivity contribution >= 4 is 40.8 Å². The number of amides is 1. The number of halogens is 2. The number of hydrogen-bond donors (Lipinski definition) is 2. The van der Waals surface area contributed by atoms with Crippen LogP contribution in [0.15, 0.2) is 36.4 Å². The number of rotatable bonds is 4. The SMILES string of the molecule is COc1ccccc1C1(CC(=O)O)C(=O)Nc2cc(Cl)c(Cl)cc21. The van der Waals surface area contributed by atoms with Gasteiger partial charge in [-0.05, 0) is 23.8 Å². The predicted molar refractivity (Wildman–Crippen MR) is 91.1 cm³/mol. The maximum absolute atomic E-state index is 12.9. The summed E-state index contributed by atoms with van der Waals surface area (Å²) in [4.78, 5) is 24.4. The molecule has 5 nitrogen and oxygen atoms in total. The van der Waals surface area contributed by atoms with E-state index in [-0.39, 0.29) is 10.0 Å². The van der Waals surface area contributed by atoms with Crippen molar-refractivity contribution in [3.8, 4) is 5.75 Å². The molecule has 2 aromatic rings. The fourth-order valence-electron chi connectivity index (χ4n) is 3.12. The topological polar surface area (TPSA) is 75.6 Å². The fourth-order valence-corrected chi connectivity index (χ4v) is 3.44. The van der Waals surface area contributed by atoms with Gasteiger partial charge in [-0.1, -0.05) is 41.4 Å². The van der Waals surface area contributed by atoms with Gasteiger partial charge in [0.2, 0.25) is 5.91 Å². The molecular formula is C17H13Cl2NO4. The second-order valence-electron chi connectivity index (χ2n) is 5.44. The van der Waals surface area contributed by atoms with Gasteiger partial charge in [0.25, 0.3) is 0 Å². The van der Waals surface area contributed by atoms with Gasteiger partial charge in [0, 0.05) is 11.3 Å². The van der Waals surface area contributed by atoms with Crippen molar-refractivity contribution in [2.24, 2.45) is 0 Å². The molecule has 0 aromatic heterocycles. The van der Waals surface area contributed by atoms with Crippen LogP contribution in [0.2, 0.25) is 10.0 Å². The smallest absolute Gasteiger partial charge is 0.305 e. The van der Waals surface area contributed by atoms with Crippen molar-refractivity contribution in [1.29, 1.82) is 0 Å². The fraction of sp³-hybridized carbons (Fsp3) is 0.176. The largest absolute Gasteiger partial charge is 0.496 e. The predicted octanol–water partition coefficient (Wildman–Crippen LogP) is 3.71. The van der Waals surface area contributed by atoms with E-state index in [1.807, 2.05) is 0 Å². The zero-order valence-corrected chi connectivity index (χ0v) is 14.1. The van der Waals surface area contributed by atoms with E-state index in [2.05, 4.69) is 5.32 Å². The van der Waals surface area contributed by atoms with Gasteiger partial charge >= 0.3 is 5.97 Å². The summed E-state index contributed by atoms with van der Waals surface area (Å²) in [5.74, 6) is -1.15. The van der Waals surface area contributed by atoms with Gasteiger partial charge in [0.15, 0.2) is 0 Å². The van der Waals surface area contributed by atoms with Crippen molar-refractivity contribution < 1.29 is 19.4 Å². The van der Waals surface area contributed by atoms with Crippen molar-refractivity contribution in [1.82, 2.24) is 0 Å². The van der Waals surface area contributed by atoms with Gasteiger partial charge in [-0.3, -0.25) is 9.59 Å². The van der Waals surface area contributed by atoms with Crippen LogP contribution in [0.3, 0.4) is 0 Å². The second-order valence-corrected chi connectivity index (χ2v) is 6.26. The average Bonchev–Trinajstić information content (AvgIpc) is 2.80. The molecule has 0 fully saturated rings. The number of para-hydroxylation sites is 1. The van der Waals surface area contributed by atoms with Crippen LogP contribution in [0.25, 0.3) is 0 Å². The first kappa shape index (κ1) is 16.6. The highest BCUT2D eigenvalue weighted by atomic mass is 35.5. The summed E-state index contributed by atoms with van der Waals surface area (Å²) < 4.78 is 5.35. The van der Waals surface area contributed by atoms with E-state index in [1.54, 1.807) is 24.3 Å². The van der Waals surface area contributed by atoms with E-state index in [9.17, 15) is 14.7 Å². The highest BCUT2D eigenvalue weighted by molar-refractivity contribution is 6.42. The van der Waals surface area contributed by atoms with Crippen molar-refractivity contribution in [3.05, 3.63) is 57.6 Å². The van der Waals surface area contributed by atoms with Crippen LogP contribution in [-0.4, -0.2) is 24.1 Å². The molecule has 1 atom stereocenters. The zero-order chi connectivity index (χ0) is 17.5. The minimum atomic E-state index is -1.44. The Balaban J connectivity index is 2.35. The Bertz CT molecular complexity index is 852. The summed E-state index contributed by atoms with van der Waals surface area (Å²) in [5.41, 5.74) is -0.0676. The zero-order valence-electron chi connectivity index (χ0n) is 12.6. The van der Waals surface area contributed by atoms with E-state index < -0.39 is 23.7 Å². The molecule has 1 heterocycles. The van der Waals surface area contributed by atoms with Gasteiger partial charge in [-0.25, -0.2) is 0 Å². The summed E-state index contributed by atoms with van der Waals surface area (Å²) in [6.45, 7) is 0. The number of carboxylic acid groups (broad SMARTS) is 1. The van der Waals surface area contributed by atoms with Crippen molar-refractivity contribution in [2.75, 3.05) is 12.4 Å². The maximum Gasteiger partial charge on any atom is 0.305 e. The number of carbonyl (C=O) groups excluding carboxylic acids is 1. The molecule has 0 bridgehead atoms. The van der Waals surface area contributed by atoms with Crippen LogP contribution in [0.1, 0.15) is 17.5 Å². The molecule has 0 spiro atoms. The molecule has 1 aliphatic heterocycles. The van der Waals surface area contributed by atoms with Gasteiger partial charge in [-0.15, -0.1) is 0 Å². The molecule has 1 amide bonds. The van der Waals surface area contributed by atoms with Crippen LogP contribution in [-0.2, 0) is 15.0 Å². The monoisotopic (exact) mass is 365 g/mol. The molecule has 3 rings (SSSR count). The number of nitrogens with one attached hydrogen (secondary N) is 1. The number of fused-ring (bicyclic) bond motifs is 1. The van der Waals surface area contributed by atoms with E-state index in [0.717, 1.165) is 0 Å². The Kier molecular flexibility index (Phi) is 4.15. The maximum atomic E-state index is 12.9. The second kappa shape index (κ2) is 6.00. The molecule has 124 valence electrons. The third-order valence-electron chi connectivity index (χ3n) is 4.14. The third kappa shape index (κ3) is 2.41. The lowest BCUT2D eigenvalue weighted by Crippen LogP contribution is -2.38. The minimum absolute atomic E-state index is 0.247. The molecule has 1 aliphatic rings. The van der Waals surface area contributed by atoms with Crippen LogP contribution < -0.4 is 10.1 Å². The summed E-state index contributed by atoms with van der Waals surface area (Å²) in [5, 5.41) is 12.7. The lowest BCUT2D eigenvalue weighted by atomic mass is 9.72. The normalized spacial score (nSPS) is 18.9. The molecule has 0 aliphatic carbocycles. The number of ether oxygens (including phenoxy) is 1. The number of aliphatic carboxylic acids is 1. The van der Waals surface area contributed by atoms with Gasteiger partial charge in [0.1, 0.15) is 11.2 Å². The Hall–Kier alpha value is -2.24. The first-order valence-electron chi connectivity index (χ1n) is 7.06. The highest BCUT2D eigenvalue weighted by Gasteiger charge is 2.51. The molecule has 24 heavy (non-hydrogen) atoms. The lowest BCUT2D eigenvalue weighted by Gasteiger charge is -2.28. The number of anilines is 1. The average molecular weight is 366 g/mol. The number of methoxy groups -OCH3 is 1. The summed E-state index contributed by atoms with van der Waals surface area (Å²) >= 11 is 12.1. The van der Waals surface area contributed by atoms with Crippen molar-refractivity contribution in [3.63, 3.8) is 0 Å². The Morgan fingerprint density at radius 1 is 1.21 bits per heavy atom. The molecule has 0 saturated heterocycles. The lowest BCUT2D eigenvalue weighted by molar-refractivity contribution is -0.140. The minimum Gasteiger partial charge on any atom is -0.496 e. The number of carboxylic acids is 1. The number of benzene rings is 2. The number of hydrogen-bond acceptors (Lipinski definition) is 3. The summed E-state index contributed by atoms with van der Waals surface area (Å²) in [6.07, 6.45) is -0.440. The quantitative estimate of drug-likeness (QED) is 0.865. The van der Waals surface area contributed by atoms with E-state index >= 15 is 0 Å². The molecule has 2 aromatic carbocycles. The van der Waals surface area contributed by atoms with E-state index in [4.69, 9.17) is 27.9 Å². The Morgan fingerprint density at radius 3 is 2.54 bits per heavy atom. The van der Waals surface area contributed by atoms with Crippen molar-refractivity contribution in [2.45, 2.75) is 11.8 Å². The van der Waals surface area contributed by atoms with Crippen LogP contribution in [0, 0.1) is 0 Å². The Morgan fingerprint density at radius 2 is 1.88 bits per heavy atom. The van der Waals surface area contributed by atoms with Crippen LogP contribution in [0.4, 0.5) is 5.69 Å². The third-order valence-corrected chi connectivity index (χ3v) is 4.86. The summed E-state index contributed by atoms with van der Waals surface area (Å²) in [6, 6.07) is 9.90. The molecule has 2 N–H and O–H groups in total. The standard InChI is InChI=1S/C17H13Cl2NO4/c1-24-14-5-3-2-4-9(14)17(8-15(21)22)10-6-11(18)12(19)7-13(10)20-16(17)23/h2-7H,8H2,1H3,(H,20,23)(H,21,22). The highest BCUT2D eigenvalue weighted by Crippen LogP contribution is 2.50. The molecule has 0 saturated carbocycles. The first-order valence-corrected chi connectivity index (χ1v) is 7.82. The molecule has 1 unspecified atom stereocenters. The van der Waals surface area contributed by atoms with Gasteiger partial charge in [-0.2, -0.15) is 0 Å². The Labute approximate surface area is 148 Å². The molecule has 7 heteroatoms.